The highest BCUT2D eigenvalue weighted by molar-refractivity contribution is 7.91. The molecule has 0 aromatic heterocycles. The van der Waals surface area contributed by atoms with Gasteiger partial charge in [0.05, 0.1) is 16.5 Å². The lowest BCUT2D eigenvalue weighted by Crippen LogP contribution is -2.24. The Morgan fingerprint density at radius 1 is 1.38 bits per heavy atom. The van der Waals surface area contributed by atoms with Gasteiger partial charge in [0.25, 0.3) is 0 Å². The second-order valence-electron chi connectivity index (χ2n) is 5.55. The van der Waals surface area contributed by atoms with Crippen LogP contribution in [0.5, 0.6) is 5.75 Å². The van der Waals surface area contributed by atoms with Gasteiger partial charge in [-0.25, -0.2) is 8.42 Å². The predicted molar refractivity (Wildman–Crippen MR) is 86.1 cm³/mol. The number of rotatable bonds is 5. The van der Waals surface area contributed by atoms with Gasteiger partial charge in [-0.1, -0.05) is 37.0 Å². The highest BCUT2D eigenvalue weighted by atomic mass is 35.5. The number of ether oxygens (including phenoxy) is 1. The fourth-order valence-corrected chi connectivity index (χ4v) is 4.38. The largest absolute Gasteiger partial charge is 0.487 e. The number of sulfone groups is 1. The van der Waals surface area contributed by atoms with Crippen molar-refractivity contribution in [2.75, 3.05) is 11.5 Å². The smallest absolute Gasteiger partial charge is 0.154 e. The molecule has 0 radical (unpaired) electrons. The Kier molecular flexibility index (Phi) is 5.41. The third-order valence-corrected chi connectivity index (χ3v) is 5.50. The Labute approximate surface area is 135 Å². The summed E-state index contributed by atoms with van der Waals surface area (Å²) in [6, 6.07) is 3.71. The van der Waals surface area contributed by atoms with Gasteiger partial charge in [0.15, 0.2) is 9.84 Å². The maximum atomic E-state index is 11.5. The average Bonchev–Trinajstić information content (AvgIpc) is 2.70. The van der Waals surface area contributed by atoms with Gasteiger partial charge in [-0.2, -0.15) is 0 Å². The molecular formula is C14H19Cl2NO3S. The summed E-state index contributed by atoms with van der Waals surface area (Å²) < 4.78 is 28.9. The number of hydrogen-bond acceptors (Lipinski definition) is 4. The van der Waals surface area contributed by atoms with Gasteiger partial charge in [0, 0.05) is 23.2 Å². The van der Waals surface area contributed by atoms with Gasteiger partial charge in [-0.05, 0) is 18.6 Å². The van der Waals surface area contributed by atoms with E-state index in [1.54, 1.807) is 12.1 Å². The first-order valence-electron chi connectivity index (χ1n) is 6.85. The zero-order chi connectivity index (χ0) is 15.6. The molecule has 7 heteroatoms. The van der Waals surface area contributed by atoms with Gasteiger partial charge < -0.3 is 10.1 Å². The van der Waals surface area contributed by atoms with E-state index in [0.717, 1.165) is 5.56 Å². The van der Waals surface area contributed by atoms with Crippen molar-refractivity contribution in [3.05, 3.63) is 27.7 Å². The lowest BCUT2D eigenvalue weighted by atomic mass is 10.2. The van der Waals surface area contributed by atoms with Gasteiger partial charge in [0.2, 0.25) is 0 Å². The zero-order valence-corrected chi connectivity index (χ0v) is 14.4. The minimum atomic E-state index is -2.98. The van der Waals surface area contributed by atoms with Gasteiger partial charge in [-0.15, -0.1) is 0 Å². The molecule has 2 rings (SSSR count). The van der Waals surface area contributed by atoms with E-state index in [0.29, 0.717) is 34.8 Å². The van der Waals surface area contributed by atoms with Crippen molar-refractivity contribution in [2.45, 2.75) is 39.0 Å². The first-order chi connectivity index (χ1) is 9.77. The van der Waals surface area contributed by atoms with Crippen molar-refractivity contribution in [1.82, 2.24) is 5.32 Å². The molecule has 1 aromatic carbocycles. The molecule has 1 unspecified atom stereocenters. The van der Waals surface area contributed by atoms with E-state index in [4.69, 9.17) is 27.9 Å². The van der Waals surface area contributed by atoms with Crippen molar-refractivity contribution in [3.63, 3.8) is 0 Å². The topological polar surface area (TPSA) is 55.4 Å². The minimum Gasteiger partial charge on any atom is -0.487 e. The summed E-state index contributed by atoms with van der Waals surface area (Å²) in [6.07, 6.45) is 0.157. The lowest BCUT2D eigenvalue weighted by molar-refractivity contribution is 0.226. The van der Waals surface area contributed by atoms with Crippen molar-refractivity contribution in [1.29, 1.82) is 0 Å². The first kappa shape index (κ1) is 16.9. The molecule has 1 saturated heterocycles. The standard InChI is InChI=1S/C14H19Cl2NO3S/c1-9(2)17-7-10-5-11(15)6-13(16)14(10)20-12-3-4-21(18,19)8-12/h5-6,9,12,17H,3-4,7-8H2,1-2H3. The molecule has 1 aromatic rings. The predicted octanol–water partition coefficient (Wildman–Crippen LogP) is 3.06. The van der Waals surface area contributed by atoms with Crippen molar-refractivity contribution >= 4 is 33.0 Å². The van der Waals surface area contributed by atoms with Crippen LogP contribution in [0.2, 0.25) is 10.0 Å². The summed E-state index contributed by atoms with van der Waals surface area (Å²) in [7, 11) is -2.98. The van der Waals surface area contributed by atoms with Gasteiger partial charge in [0.1, 0.15) is 11.9 Å². The Balaban J connectivity index is 2.20. The van der Waals surface area contributed by atoms with E-state index in [9.17, 15) is 8.42 Å². The number of hydrogen-bond donors (Lipinski definition) is 1. The molecule has 118 valence electrons. The molecule has 0 aliphatic carbocycles. The highest BCUT2D eigenvalue weighted by Gasteiger charge is 2.30. The Hall–Kier alpha value is -0.490. The molecule has 1 heterocycles. The molecule has 1 aliphatic heterocycles. The summed E-state index contributed by atoms with van der Waals surface area (Å²) in [5, 5.41) is 4.23. The molecule has 0 amide bonds. The van der Waals surface area contributed by atoms with Crippen LogP contribution < -0.4 is 10.1 Å². The normalized spacial score (nSPS) is 20.9. The number of benzene rings is 1. The SMILES string of the molecule is CC(C)NCc1cc(Cl)cc(Cl)c1OC1CCS(=O)(=O)C1. The molecule has 1 fully saturated rings. The Bertz CT molecular complexity index is 617. The molecule has 0 bridgehead atoms. The molecule has 21 heavy (non-hydrogen) atoms. The van der Waals surface area contributed by atoms with E-state index in [1.807, 2.05) is 13.8 Å². The van der Waals surface area contributed by atoms with Crippen LogP contribution >= 0.6 is 23.2 Å². The molecule has 0 spiro atoms. The molecule has 0 saturated carbocycles. The molecule has 1 N–H and O–H groups in total. The molecule has 1 aliphatic rings. The number of halogens is 2. The number of nitrogens with one attached hydrogen (secondary N) is 1. The van der Waals surface area contributed by atoms with Crippen LogP contribution in [0.4, 0.5) is 0 Å². The maximum Gasteiger partial charge on any atom is 0.154 e. The third-order valence-electron chi connectivity index (χ3n) is 3.26. The van der Waals surface area contributed by atoms with Crippen LogP contribution in [0.25, 0.3) is 0 Å². The minimum absolute atomic E-state index is 0.0446. The second kappa shape index (κ2) is 6.73. The Morgan fingerprint density at radius 2 is 2.10 bits per heavy atom. The summed E-state index contributed by atoms with van der Waals surface area (Å²) >= 11 is 12.2. The van der Waals surface area contributed by atoms with Crippen LogP contribution in [0.1, 0.15) is 25.8 Å². The van der Waals surface area contributed by atoms with E-state index >= 15 is 0 Å². The second-order valence-corrected chi connectivity index (χ2v) is 8.63. The van der Waals surface area contributed by atoms with Crippen molar-refractivity contribution in [3.8, 4) is 5.75 Å². The summed E-state index contributed by atoms with van der Waals surface area (Å²) in [5.41, 5.74) is 0.838. The molecule has 4 nitrogen and oxygen atoms in total. The average molecular weight is 352 g/mol. The van der Waals surface area contributed by atoms with E-state index in [1.165, 1.54) is 0 Å². The Morgan fingerprint density at radius 3 is 2.67 bits per heavy atom. The molecule has 1 atom stereocenters. The van der Waals surface area contributed by atoms with Crippen LogP contribution in [0.3, 0.4) is 0 Å². The summed E-state index contributed by atoms with van der Waals surface area (Å²) in [4.78, 5) is 0. The molecular weight excluding hydrogens is 333 g/mol. The van der Waals surface area contributed by atoms with E-state index in [2.05, 4.69) is 5.32 Å². The fraction of sp³-hybridized carbons (Fsp3) is 0.571. The maximum absolute atomic E-state index is 11.5. The van der Waals surface area contributed by atoms with Crippen LogP contribution in [0, 0.1) is 0 Å². The van der Waals surface area contributed by atoms with Crippen molar-refractivity contribution < 1.29 is 13.2 Å². The quantitative estimate of drug-likeness (QED) is 0.885. The zero-order valence-electron chi connectivity index (χ0n) is 12.0. The highest BCUT2D eigenvalue weighted by Crippen LogP contribution is 2.34. The fourth-order valence-electron chi connectivity index (χ4n) is 2.21. The lowest BCUT2D eigenvalue weighted by Gasteiger charge is -2.18. The van der Waals surface area contributed by atoms with Gasteiger partial charge in [-0.3, -0.25) is 0 Å². The van der Waals surface area contributed by atoms with Crippen LogP contribution in [-0.4, -0.2) is 32.1 Å². The van der Waals surface area contributed by atoms with Crippen LogP contribution in [-0.2, 0) is 16.4 Å². The van der Waals surface area contributed by atoms with E-state index < -0.39 is 9.84 Å². The first-order valence-corrected chi connectivity index (χ1v) is 9.43. The monoisotopic (exact) mass is 351 g/mol. The summed E-state index contributed by atoms with van der Waals surface area (Å²) in [5.74, 6) is 0.738. The van der Waals surface area contributed by atoms with Gasteiger partial charge >= 0.3 is 0 Å². The van der Waals surface area contributed by atoms with Crippen molar-refractivity contribution in [2.24, 2.45) is 0 Å². The van der Waals surface area contributed by atoms with Crippen LogP contribution in [0.15, 0.2) is 12.1 Å². The van der Waals surface area contributed by atoms with E-state index in [-0.39, 0.29) is 17.6 Å². The summed E-state index contributed by atoms with van der Waals surface area (Å²) in [6.45, 7) is 4.64. The third kappa shape index (κ3) is 4.74.